The van der Waals surface area contributed by atoms with Gasteiger partial charge >= 0.3 is 0 Å². The van der Waals surface area contributed by atoms with Gasteiger partial charge in [-0.3, -0.25) is 9.59 Å². The van der Waals surface area contributed by atoms with Gasteiger partial charge < -0.3 is 4.90 Å². The van der Waals surface area contributed by atoms with E-state index in [9.17, 15) is 9.59 Å². The first-order valence-corrected chi connectivity index (χ1v) is 12.5. The lowest BCUT2D eigenvalue weighted by molar-refractivity contribution is -0.133. The number of amides is 1. The van der Waals surface area contributed by atoms with Crippen LogP contribution >= 0.6 is 0 Å². The number of nitrogens with zero attached hydrogens (tertiary/aromatic N) is 5. The maximum atomic E-state index is 13.5. The molecule has 0 spiro atoms. The molecular weight excluding hydrogens is 438 g/mol. The van der Waals surface area contributed by atoms with Crippen molar-refractivity contribution in [2.75, 3.05) is 13.1 Å². The number of carbonyl (C=O) groups is 1. The van der Waals surface area contributed by atoms with E-state index in [2.05, 4.69) is 34.5 Å². The quantitative estimate of drug-likeness (QED) is 0.431. The molecule has 0 N–H and O–H groups in total. The van der Waals surface area contributed by atoms with Crippen LogP contribution in [0.15, 0.2) is 71.7 Å². The van der Waals surface area contributed by atoms with Gasteiger partial charge in [0.2, 0.25) is 5.91 Å². The lowest BCUT2D eigenvalue weighted by Gasteiger charge is -2.32. The third-order valence-corrected chi connectivity index (χ3v) is 7.29. The number of fused-ring (bicyclic) bond motifs is 1. The van der Waals surface area contributed by atoms with Crippen molar-refractivity contribution >= 4 is 16.8 Å². The van der Waals surface area contributed by atoms with Crippen LogP contribution in [0.25, 0.3) is 16.6 Å². The van der Waals surface area contributed by atoms with Crippen molar-refractivity contribution < 1.29 is 4.79 Å². The van der Waals surface area contributed by atoms with Gasteiger partial charge in [-0.05, 0) is 55.7 Å². The highest BCUT2D eigenvalue weighted by Crippen LogP contribution is 2.41. The third-order valence-electron chi connectivity index (χ3n) is 7.29. The summed E-state index contributed by atoms with van der Waals surface area (Å²) in [6.45, 7) is 1.42. The number of aromatic nitrogens is 4. The summed E-state index contributed by atoms with van der Waals surface area (Å²) in [5, 5.41) is 9.99. The summed E-state index contributed by atoms with van der Waals surface area (Å²) in [4.78, 5) is 28.6. The Hall–Kier alpha value is -3.74. The molecule has 2 aromatic carbocycles. The minimum absolute atomic E-state index is 0.0299. The van der Waals surface area contributed by atoms with E-state index in [4.69, 9.17) is 0 Å². The molecule has 178 valence electrons. The van der Waals surface area contributed by atoms with E-state index in [0.29, 0.717) is 17.4 Å². The van der Waals surface area contributed by atoms with Gasteiger partial charge in [-0.15, -0.1) is 0 Å². The normalized spacial score (nSPS) is 16.6. The van der Waals surface area contributed by atoms with Gasteiger partial charge in [-0.2, -0.15) is 10.2 Å². The fourth-order valence-corrected chi connectivity index (χ4v) is 5.19. The number of para-hydroxylation sites is 1. The average molecular weight is 468 g/mol. The molecule has 1 aliphatic heterocycles. The van der Waals surface area contributed by atoms with E-state index in [0.717, 1.165) is 62.0 Å². The maximum Gasteiger partial charge on any atom is 0.293 e. The largest absolute Gasteiger partial charge is 0.341 e. The van der Waals surface area contributed by atoms with Crippen molar-refractivity contribution in [2.45, 2.75) is 44.6 Å². The second-order valence-corrected chi connectivity index (χ2v) is 9.79. The molecule has 0 unspecified atom stereocenters. The van der Waals surface area contributed by atoms with Crippen LogP contribution in [0.2, 0.25) is 0 Å². The third kappa shape index (κ3) is 4.38. The van der Waals surface area contributed by atoms with Crippen LogP contribution in [0.3, 0.4) is 0 Å². The average Bonchev–Trinajstić information content (AvgIpc) is 3.64. The van der Waals surface area contributed by atoms with Crippen LogP contribution in [-0.2, 0) is 17.8 Å². The molecule has 0 radical (unpaired) electrons. The Balaban J connectivity index is 1.23. The van der Waals surface area contributed by atoms with Crippen molar-refractivity contribution in [1.29, 1.82) is 0 Å². The van der Waals surface area contributed by atoms with Crippen LogP contribution in [-0.4, -0.2) is 43.5 Å². The summed E-state index contributed by atoms with van der Waals surface area (Å²) in [6.07, 6.45) is 6.87. The molecule has 0 atom stereocenters. The highest BCUT2D eigenvalue weighted by Gasteiger charge is 2.31. The summed E-state index contributed by atoms with van der Waals surface area (Å²) < 4.78 is 3.05. The molecule has 1 saturated heterocycles. The van der Waals surface area contributed by atoms with Crippen molar-refractivity contribution in [1.82, 2.24) is 24.5 Å². The van der Waals surface area contributed by atoms with E-state index < -0.39 is 0 Å². The molecule has 3 heterocycles. The SMILES string of the molecule is O=C(Cn1nc(C2CC2)c2cnn(-c3ccccc3)c2c1=O)N1CCC(Cc2ccccc2)CC1. The Morgan fingerprint density at radius 3 is 2.29 bits per heavy atom. The smallest absolute Gasteiger partial charge is 0.293 e. The molecule has 0 bridgehead atoms. The van der Waals surface area contributed by atoms with Gasteiger partial charge in [0, 0.05) is 24.4 Å². The number of hydrogen-bond acceptors (Lipinski definition) is 4. The zero-order valence-corrected chi connectivity index (χ0v) is 19.7. The summed E-state index contributed by atoms with van der Waals surface area (Å²) in [6, 6.07) is 20.2. The molecule has 4 aromatic rings. The first-order valence-electron chi connectivity index (χ1n) is 12.5. The van der Waals surface area contributed by atoms with Gasteiger partial charge in [0.05, 0.1) is 17.6 Å². The second-order valence-electron chi connectivity index (χ2n) is 9.79. The van der Waals surface area contributed by atoms with Gasteiger partial charge in [0.1, 0.15) is 12.1 Å². The van der Waals surface area contributed by atoms with Crippen molar-refractivity contribution in [3.8, 4) is 5.69 Å². The van der Waals surface area contributed by atoms with E-state index in [1.54, 1.807) is 10.9 Å². The Bertz CT molecular complexity index is 1400. The fourth-order valence-electron chi connectivity index (χ4n) is 5.19. The Morgan fingerprint density at radius 2 is 1.60 bits per heavy atom. The summed E-state index contributed by atoms with van der Waals surface area (Å²) in [5.41, 5.74) is 3.30. The molecule has 2 fully saturated rings. The summed E-state index contributed by atoms with van der Waals surface area (Å²) in [5.74, 6) is 0.881. The maximum absolute atomic E-state index is 13.5. The van der Waals surface area contributed by atoms with Crippen LogP contribution in [0.1, 0.15) is 42.9 Å². The van der Waals surface area contributed by atoms with E-state index in [-0.39, 0.29) is 18.0 Å². The van der Waals surface area contributed by atoms with Gasteiger partial charge in [0.15, 0.2) is 0 Å². The Morgan fingerprint density at radius 1 is 0.914 bits per heavy atom. The van der Waals surface area contributed by atoms with Crippen LogP contribution < -0.4 is 5.56 Å². The highest BCUT2D eigenvalue weighted by atomic mass is 16.2. The second kappa shape index (κ2) is 9.13. The van der Waals surface area contributed by atoms with Crippen LogP contribution in [0.5, 0.6) is 0 Å². The summed E-state index contributed by atoms with van der Waals surface area (Å²) in [7, 11) is 0. The van der Waals surface area contributed by atoms with E-state index >= 15 is 0 Å². The zero-order valence-electron chi connectivity index (χ0n) is 19.7. The molecule has 7 nitrogen and oxygen atoms in total. The summed E-state index contributed by atoms with van der Waals surface area (Å²) >= 11 is 0. The number of benzene rings is 2. The number of rotatable bonds is 6. The van der Waals surface area contributed by atoms with E-state index in [1.807, 2.05) is 41.3 Å². The molecule has 2 aromatic heterocycles. The lowest BCUT2D eigenvalue weighted by atomic mass is 9.90. The first kappa shape index (κ1) is 21.8. The number of hydrogen-bond donors (Lipinski definition) is 0. The predicted molar refractivity (Wildman–Crippen MR) is 135 cm³/mol. The topological polar surface area (TPSA) is 73.0 Å². The predicted octanol–water partition coefficient (Wildman–Crippen LogP) is 3.94. The molecule has 6 rings (SSSR count). The Kier molecular flexibility index (Phi) is 5.68. The molecule has 2 aliphatic rings. The molecular formula is C28H29N5O2. The molecule has 7 heteroatoms. The number of carbonyl (C=O) groups excluding carboxylic acids is 1. The van der Waals surface area contributed by atoms with Crippen molar-refractivity contribution in [2.24, 2.45) is 5.92 Å². The molecule has 1 aliphatic carbocycles. The molecule has 1 saturated carbocycles. The van der Waals surface area contributed by atoms with Gasteiger partial charge in [-0.1, -0.05) is 48.5 Å². The van der Waals surface area contributed by atoms with Crippen LogP contribution in [0.4, 0.5) is 0 Å². The molecule has 35 heavy (non-hydrogen) atoms. The van der Waals surface area contributed by atoms with Crippen molar-refractivity contribution in [3.05, 3.63) is 88.5 Å². The number of piperidine rings is 1. The number of likely N-dealkylation sites (tertiary alicyclic amines) is 1. The fraction of sp³-hybridized carbons (Fsp3) is 0.357. The monoisotopic (exact) mass is 467 g/mol. The minimum atomic E-state index is -0.266. The van der Waals surface area contributed by atoms with Gasteiger partial charge in [0.25, 0.3) is 5.56 Å². The lowest BCUT2D eigenvalue weighted by Crippen LogP contribution is -2.42. The zero-order chi connectivity index (χ0) is 23.8. The standard InChI is InChI=1S/C28H29N5O2/c34-25(31-15-13-21(14-16-31)17-20-7-3-1-4-8-20)19-32-28(35)27-24(26(30-32)22-11-12-22)18-29-33(27)23-9-5-2-6-10-23/h1-10,18,21-22H,11-17,19H2. The van der Waals surface area contributed by atoms with Gasteiger partial charge in [-0.25, -0.2) is 9.36 Å². The van der Waals surface area contributed by atoms with Crippen molar-refractivity contribution in [3.63, 3.8) is 0 Å². The van der Waals surface area contributed by atoms with Crippen LogP contribution in [0, 0.1) is 5.92 Å². The Labute approximate surface area is 204 Å². The first-order chi connectivity index (χ1) is 17.2. The van der Waals surface area contributed by atoms with E-state index in [1.165, 1.54) is 10.2 Å². The minimum Gasteiger partial charge on any atom is -0.341 e. The highest BCUT2D eigenvalue weighted by molar-refractivity contribution is 5.83. The molecule has 1 amide bonds.